The molecule has 0 saturated carbocycles. The van der Waals surface area contributed by atoms with Crippen LogP contribution in [0.4, 0.5) is 4.79 Å². The molecule has 10 nitrogen and oxygen atoms in total. The average Bonchev–Trinajstić information content (AvgIpc) is 2.83. The number of pyridine rings is 1. The van der Waals surface area contributed by atoms with E-state index in [-0.39, 0.29) is 41.6 Å². The summed E-state index contributed by atoms with van der Waals surface area (Å²) in [5, 5.41) is 3.69. The van der Waals surface area contributed by atoms with E-state index in [9.17, 15) is 4.79 Å². The number of carbonyl (C=O) groups excluding carboxylic acids is 1. The second-order valence-corrected chi connectivity index (χ2v) is 9.15. The molecule has 1 aliphatic rings. The Labute approximate surface area is 214 Å². The van der Waals surface area contributed by atoms with Gasteiger partial charge in [-0.25, -0.2) is 4.79 Å². The lowest BCUT2D eigenvalue weighted by Gasteiger charge is -2.31. The highest BCUT2D eigenvalue weighted by molar-refractivity contribution is 5.98. The molecular formula is C26H39N5O5. The summed E-state index contributed by atoms with van der Waals surface area (Å²) in [6.45, 7) is 11.6. The number of aromatic nitrogens is 1. The van der Waals surface area contributed by atoms with Crippen LogP contribution in [0.2, 0.25) is 0 Å². The SMILES string of the molecule is C#CC(C(=NN)OCC1CCN(C(=O)OC(C)C)CC1)=C(N)Oc1ccc(CCOC(C)C)nc1C. The Bertz CT molecular complexity index is 975. The Balaban J connectivity index is 1.95. The average molecular weight is 502 g/mol. The van der Waals surface area contributed by atoms with Crippen LogP contribution in [-0.2, 0) is 20.6 Å². The summed E-state index contributed by atoms with van der Waals surface area (Å²) in [4.78, 5) is 18.3. The smallest absolute Gasteiger partial charge is 0.410 e. The van der Waals surface area contributed by atoms with Gasteiger partial charge in [-0.15, -0.1) is 11.5 Å². The van der Waals surface area contributed by atoms with Crippen molar-refractivity contribution in [3.63, 3.8) is 0 Å². The van der Waals surface area contributed by atoms with Gasteiger partial charge in [-0.3, -0.25) is 4.98 Å². The van der Waals surface area contributed by atoms with Crippen LogP contribution in [0.1, 0.15) is 51.9 Å². The third kappa shape index (κ3) is 8.96. The van der Waals surface area contributed by atoms with Crippen molar-refractivity contribution in [2.45, 2.75) is 66.1 Å². The normalized spacial score (nSPS) is 15.5. The fraction of sp³-hybridized carbons (Fsp3) is 0.577. The molecular weight excluding hydrogens is 462 g/mol. The number of ether oxygens (including phenoxy) is 4. The summed E-state index contributed by atoms with van der Waals surface area (Å²) in [7, 11) is 0. The maximum absolute atomic E-state index is 12.1. The minimum Gasteiger partial charge on any atom is -0.475 e. The molecule has 0 radical (unpaired) electrons. The van der Waals surface area contributed by atoms with Crippen molar-refractivity contribution in [1.82, 2.24) is 9.88 Å². The molecule has 1 fully saturated rings. The van der Waals surface area contributed by atoms with E-state index in [0.29, 0.717) is 44.2 Å². The summed E-state index contributed by atoms with van der Waals surface area (Å²) >= 11 is 0. The van der Waals surface area contributed by atoms with Crippen LogP contribution in [-0.4, -0.2) is 60.4 Å². The van der Waals surface area contributed by atoms with Gasteiger partial charge in [-0.2, -0.15) is 0 Å². The van der Waals surface area contributed by atoms with Crippen molar-refractivity contribution in [2.75, 3.05) is 26.3 Å². The lowest BCUT2D eigenvalue weighted by molar-refractivity contribution is 0.0602. The number of carbonyl (C=O) groups is 1. The van der Waals surface area contributed by atoms with Crippen LogP contribution in [0.5, 0.6) is 5.75 Å². The van der Waals surface area contributed by atoms with E-state index in [1.54, 1.807) is 11.0 Å². The highest BCUT2D eigenvalue weighted by Gasteiger charge is 2.25. The Hall–Kier alpha value is -3.45. The topological polar surface area (TPSA) is 135 Å². The lowest BCUT2D eigenvalue weighted by Crippen LogP contribution is -2.40. The van der Waals surface area contributed by atoms with Crippen molar-refractivity contribution in [1.29, 1.82) is 0 Å². The number of terminal acetylenes is 1. The molecule has 0 unspecified atom stereocenters. The molecule has 1 saturated heterocycles. The Kier molecular flexibility index (Phi) is 11.3. The van der Waals surface area contributed by atoms with E-state index in [1.807, 2.05) is 40.7 Å². The van der Waals surface area contributed by atoms with Gasteiger partial charge in [0.15, 0.2) is 5.75 Å². The monoisotopic (exact) mass is 501 g/mol. The number of piperidine rings is 1. The molecule has 0 bridgehead atoms. The van der Waals surface area contributed by atoms with Gasteiger partial charge in [0.2, 0.25) is 5.88 Å². The van der Waals surface area contributed by atoms with Crippen LogP contribution < -0.4 is 16.3 Å². The predicted octanol–water partition coefficient (Wildman–Crippen LogP) is 3.09. The standard InChI is InChI=1S/C26H39N5O5/c1-7-22(24(27)36-23-9-8-21(29-19(23)6)12-15-33-17(2)3)25(30-28)34-16-20-10-13-31(14-11-20)26(32)35-18(4)5/h1,8-9,17-18,20H,10-16,27-28H2,2-6H3. The van der Waals surface area contributed by atoms with E-state index in [0.717, 1.165) is 18.5 Å². The Morgan fingerprint density at radius 1 is 1.25 bits per heavy atom. The minimum absolute atomic E-state index is 0.0183. The van der Waals surface area contributed by atoms with Crippen LogP contribution in [0.15, 0.2) is 28.7 Å². The summed E-state index contributed by atoms with van der Waals surface area (Å²) in [6.07, 6.45) is 7.60. The minimum atomic E-state index is -0.294. The van der Waals surface area contributed by atoms with Crippen molar-refractivity contribution in [3.8, 4) is 18.1 Å². The third-order valence-electron chi connectivity index (χ3n) is 5.51. The summed E-state index contributed by atoms with van der Waals surface area (Å²) in [6, 6.07) is 3.64. The number of hydrazone groups is 1. The van der Waals surface area contributed by atoms with Crippen molar-refractivity contribution in [3.05, 3.63) is 35.0 Å². The highest BCUT2D eigenvalue weighted by atomic mass is 16.6. The molecule has 1 amide bonds. The maximum Gasteiger partial charge on any atom is 0.410 e. The van der Waals surface area contributed by atoms with E-state index < -0.39 is 0 Å². The quantitative estimate of drug-likeness (QED) is 0.125. The first kappa shape index (κ1) is 28.8. The molecule has 0 aliphatic carbocycles. The van der Waals surface area contributed by atoms with Crippen molar-refractivity contribution >= 4 is 12.0 Å². The third-order valence-corrected chi connectivity index (χ3v) is 5.51. The largest absolute Gasteiger partial charge is 0.475 e. The van der Waals surface area contributed by atoms with E-state index in [1.165, 1.54) is 0 Å². The number of nitrogens with two attached hydrogens (primary N) is 2. The number of amides is 1. The van der Waals surface area contributed by atoms with Crippen LogP contribution >= 0.6 is 0 Å². The maximum atomic E-state index is 12.1. The molecule has 1 aromatic heterocycles. The first-order chi connectivity index (χ1) is 17.1. The molecule has 1 aromatic rings. The fourth-order valence-corrected chi connectivity index (χ4v) is 3.58. The lowest BCUT2D eigenvalue weighted by atomic mass is 9.98. The van der Waals surface area contributed by atoms with Gasteiger partial charge >= 0.3 is 6.09 Å². The molecule has 198 valence electrons. The molecule has 0 spiro atoms. The van der Waals surface area contributed by atoms with Gasteiger partial charge < -0.3 is 35.4 Å². The molecule has 0 aromatic carbocycles. The molecule has 2 heterocycles. The summed E-state index contributed by atoms with van der Waals surface area (Å²) < 4.78 is 22.4. The zero-order chi connectivity index (χ0) is 26.7. The summed E-state index contributed by atoms with van der Waals surface area (Å²) in [5.74, 6) is 8.63. The van der Waals surface area contributed by atoms with Gasteiger partial charge in [0.1, 0.15) is 5.57 Å². The van der Waals surface area contributed by atoms with E-state index >= 15 is 0 Å². The first-order valence-corrected chi connectivity index (χ1v) is 12.2. The fourth-order valence-electron chi connectivity index (χ4n) is 3.58. The van der Waals surface area contributed by atoms with Gasteiger partial charge in [-0.1, -0.05) is 5.92 Å². The van der Waals surface area contributed by atoms with E-state index in [2.05, 4.69) is 16.0 Å². The van der Waals surface area contributed by atoms with Crippen LogP contribution in [0, 0.1) is 25.2 Å². The van der Waals surface area contributed by atoms with Crippen molar-refractivity contribution in [2.24, 2.45) is 22.6 Å². The van der Waals surface area contributed by atoms with Crippen LogP contribution in [0.25, 0.3) is 0 Å². The van der Waals surface area contributed by atoms with Gasteiger partial charge in [0, 0.05) is 25.2 Å². The number of hydrogen-bond acceptors (Lipinski definition) is 9. The molecule has 36 heavy (non-hydrogen) atoms. The molecule has 1 aliphatic heterocycles. The Morgan fingerprint density at radius 2 is 1.94 bits per heavy atom. The van der Waals surface area contributed by atoms with Gasteiger partial charge in [-0.05, 0) is 65.5 Å². The second-order valence-electron chi connectivity index (χ2n) is 9.15. The number of likely N-dealkylation sites (tertiary alicyclic amines) is 1. The number of aryl methyl sites for hydroxylation is 1. The highest BCUT2D eigenvalue weighted by Crippen LogP contribution is 2.21. The molecule has 0 atom stereocenters. The number of hydrogen-bond donors (Lipinski definition) is 2. The molecule has 2 rings (SSSR count). The second kappa shape index (κ2) is 14.2. The molecule has 4 N–H and O–H groups in total. The predicted molar refractivity (Wildman–Crippen MR) is 138 cm³/mol. The summed E-state index contributed by atoms with van der Waals surface area (Å²) in [5.41, 5.74) is 7.81. The molecule has 10 heteroatoms. The van der Waals surface area contributed by atoms with Crippen molar-refractivity contribution < 1.29 is 23.7 Å². The zero-order valence-corrected chi connectivity index (χ0v) is 22.0. The van der Waals surface area contributed by atoms with Gasteiger partial charge in [0.05, 0.1) is 31.1 Å². The number of nitrogens with zero attached hydrogens (tertiary/aromatic N) is 3. The van der Waals surface area contributed by atoms with E-state index in [4.69, 9.17) is 36.9 Å². The zero-order valence-electron chi connectivity index (χ0n) is 22.0. The number of rotatable bonds is 10. The van der Waals surface area contributed by atoms with Gasteiger partial charge in [0.25, 0.3) is 5.90 Å². The van der Waals surface area contributed by atoms with Crippen LogP contribution in [0.3, 0.4) is 0 Å². The first-order valence-electron chi connectivity index (χ1n) is 12.2. The Morgan fingerprint density at radius 3 is 2.50 bits per heavy atom.